The van der Waals surface area contributed by atoms with Gasteiger partial charge in [0.25, 0.3) is 0 Å². The summed E-state index contributed by atoms with van der Waals surface area (Å²) in [5, 5.41) is 3.86. The first kappa shape index (κ1) is 13.6. The minimum atomic E-state index is 0.637. The summed E-state index contributed by atoms with van der Waals surface area (Å²) in [6.45, 7) is 7.99. The van der Waals surface area contributed by atoms with Crippen molar-refractivity contribution in [2.75, 3.05) is 6.54 Å². The predicted molar refractivity (Wildman–Crippen MR) is 83.8 cm³/mol. The van der Waals surface area contributed by atoms with Crippen LogP contribution in [0.5, 0.6) is 0 Å². The summed E-state index contributed by atoms with van der Waals surface area (Å²) in [4.78, 5) is 3.01. The Kier molecular flexibility index (Phi) is 4.00. The van der Waals surface area contributed by atoms with Gasteiger partial charge in [0, 0.05) is 15.8 Å². The molecule has 1 heterocycles. The monoisotopic (exact) mass is 277 g/mol. The van der Waals surface area contributed by atoms with E-state index in [2.05, 4.69) is 32.2 Å². The van der Waals surface area contributed by atoms with Crippen molar-refractivity contribution in [2.24, 2.45) is 17.8 Å². The molecule has 1 nitrogen and oxygen atoms in total. The maximum atomic E-state index is 3.86. The highest BCUT2D eigenvalue weighted by Crippen LogP contribution is 2.60. The molecule has 19 heavy (non-hydrogen) atoms. The molecule has 0 aliphatic heterocycles. The molecular formula is C17H27NS. The zero-order chi connectivity index (χ0) is 13.4. The number of hydrogen-bond acceptors (Lipinski definition) is 2. The Balaban J connectivity index is 1.80. The Morgan fingerprint density at radius 1 is 1.26 bits per heavy atom. The lowest BCUT2D eigenvalue weighted by atomic mass is 10.00. The molecule has 3 rings (SSSR count). The van der Waals surface area contributed by atoms with E-state index in [1.807, 2.05) is 11.3 Å². The molecule has 2 fully saturated rings. The van der Waals surface area contributed by atoms with Crippen molar-refractivity contribution in [1.29, 1.82) is 0 Å². The van der Waals surface area contributed by atoms with Crippen molar-refractivity contribution >= 4 is 11.3 Å². The second-order valence-corrected chi connectivity index (χ2v) is 7.95. The molecule has 0 aromatic carbocycles. The van der Waals surface area contributed by atoms with E-state index >= 15 is 0 Å². The lowest BCUT2D eigenvalue weighted by Crippen LogP contribution is -2.25. The van der Waals surface area contributed by atoms with E-state index in [-0.39, 0.29) is 0 Å². The number of fused-ring (bicyclic) bond motifs is 1. The van der Waals surface area contributed by atoms with Crippen LogP contribution in [0, 0.1) is 31.6 Å². The topological polar surface area (TPSA) is 12.0 Å². The Labute approximate surface area is 121 Å². The van der Waals surface area contributed by atoms with Crippen LogP contribution in [0.1, 0.15) is 60.4 Å². The maximum absolute atomic E-state index is 3.86. The number of thiophene rings is 1. The molecule has 2 heteroatoms. The molecule has 0 saturated heterocycles. The highest BCUT2D eigenvalue weighted by molar-refractivity contribution is 7.12. The Morgan fingerprint density at radius 3 is 2.47 bits per heavy atom. The molecule has 2 aliphatic rings. The minimum absolute atomic E-state index is 0.637. The quantitative estimate of drug-likeness (QED) is 0.812. The van der Waals surface area contributed by atoms with Crippen LogP contribution < -0.4 is 5.32 Å². The predicted octanol–water partition coefficient (Wildman–Crippen LogP) is 4.84. The molecular weight excluding hydrogens is 250 g/mol. The summed E-state index contributed by atoms with van der Waals surface area (Å²) in [5.41, 5.74) is 1.61. The van der Waals surface area contributed by atoms with Crippen molar-refractivity contribution < 1.29 is 0 Å². The van der Waals surface area contributed by atoms with Crippen LogP contribution in [-0.2, 0) is 0 Å². The van der Waals surface area contributed by atoms with Gasteiger partial charge in [0.05, 0.1) is 0 Å². The molecule has 0 radical (unpaired) electrons. The van der Waals surface area contributed by atoms with E-state index in [9.17, 15) is 0 Å². The molecule has 0 bridgehead atoms. The first-order chi connectivity index (χ1) is 9.22. The largest absolute Gasteiger partial charge is 0.310 e. The lowest BCUT2D eigenvalue weighted by molar-refractivity contribution is 0.445. The van der Waals surface area contributed by atoms with Gasteiger partial charge in [0.2, 0.25) is 0 Å². The van der Waals surface area contributed by atoms with Crippen molar-refractivity contribution in [1.82, 2.24) is 5.32 Å². The summed E-state index contributed by atoms with van der Waals surface area (Å²) in [6, 6.07) is 3.08. The van der Waals surface area contributed by atoms with E-state index < -0.39 is 0 Å². The van der Waals surface area contributed by atoms with Crippen molar-refractivity contribution in [2.45, 2.75) is 58.9 Å². The second-order valence-electron chi connectivity index (χ2n) is 6.49. The first-order valence-electron chi connectivity index (χ1n) is 8.02. The van der Waals surface area contributed by atoms with E-state index in [0.717, 1.165) is 24.3 Å². The Morgan fingerprint density at radius 2 is 1.95 bits per heavy atom. The van der Waals surface area contributed by atoms with Crippen LogP contribution in [-0.4, -0.2) is 6.54 Å². The van der Waals surface area contributed by atoms with Crippen LogP contribution in [0.3, 0.4) is 0 Å². The fourth-order valence-electron chi connectivity index (χ4n) is 4.25. The first-order valence-corrected chi connectivity index (χ1v) is 8.84. The highest BCUT2D eigenvalue weighted by atomic mass is 32.1. The molecule has 3 atom stereocenters. The fraction of sp³-hybridized carbons (Fsp3) is 0.765. The van der Waals surface area contributed by atoms with Crippen LogP contribution in [0.25, 0.3) is 0 Å². The number of nitrogens with one attached hydrogen (secondary N) is 1. The van der Waals surface area contributed by atoms with Gasteiger partial charge in [0.15, 0.2) is 0 Å². The number of rotatable bonds is 5. The van der Waals surface area contributed by atoms with Gasteiger partial charge in [0.1, 0.15) is 0 Å². The second kappa shape index (κ2) is 5.57. The molecule has 1 aromatic heterocycles. The van der Waals surface area contributed by atoms with Crippen LogP contribution in [0.4, 0.5) is 0 Å². The van der Waals surface area contributed by atoms with Gasteiger partial charge in [-0.25, -0.2) is 0 Å². The standard InChI is InChI=1S/C17H27NS/c1-4-9-18-17(15-10-11(2)19-12(15)3)16-13-7-5-6-8-14(13)16/h10,13-14,16-18H,4-9H2,1-3H3. The molecule has 3 unspecified atom stereocenters. The van der Waals surface area contributed by atoms with E-state index in [1.54, 1.807) is 5.56 Å². The third-order valence-corrected chi connectivity index (χ3v) is 6.12. The summed E-state index contributed by atoms with van der Waals surface area (Å²) < 4.78 is 0. The summed E-state index contributed by atoms with van der Waals surface area (Å²) >= 11 is 1.97. The minimum Gasteiger partial charge on any atom is -0.310 e. The zero-order valence-corrected chi connectivity index (χ0v) is 13.4. The van der Waals surface area contributed by atoms with Gasteiger partial charge in [-0.05, 0) is 69.0 Å². The van der Waals surface area contributed by atoms with Gasteiger partial charge in [-0.15, -0.1) is 11.3 Å². The summed E-state index contributed by atoms with van der Waals surface area (Å²) in [7, 11) is 0. The van der Waals surface area contributed by atoms with Gasteiger partial charge in [-0.1, -0.05) is 19.8 Å². The van der Waals surface area contributed by atoms with Crippen molar-refractivity contribution in [3.05, 3.63) is 21.4 Å². The smallest absolute Gasteiger partial charge is 0.0365 e. The SMILES string of the molecule is CCCNC(c1cc(C)sc1C)C1C2CCCCC21. The molecule has 2 saturated carbocycles. The zero-order valence-electron chi connectivity index (χ0n) is 12.5. The Bertz CT molecular complexity index is 424. The Hall–Kier alpha value is -0.340. The molecule has 0 spiro atoms. The molecule has 106 valence electrons. The summed E-state index contributed by atoms with van der Waals surface area (Å²) in [6.07, 6.45) is 7.16. The maximum Gasteiger partial charge on any atom is 0.0365 e. The average molecular weight is 277 g/mol. The van der Waals surface area contributed by atoms with Crippen LogP contribution >= 0.6 is 11.3 Å². The van der Waals surface area contributed by atoms with Gasteiger partial charge >= 0.3 is 0 Å². The number of hydrogen-bond donors (Lipinski definition) is 1. The van der Waals surface area contributed by atoms with E-state index in [1.165, 1.54) is 41.9 Å². The molecule has 0 amide bonds. The normalized spacial score (nSPS) is 31.0. The third kappa shape index (κ3) is 2.62. The lowest BCUT2D eigenvalue weighted by Gasteiger charge is -2.19. The number of aryl methyl sites for hydroxylation is 2. The molecule has 2 aliphatic carbocycles. The van der Waals surface area contributed by atoms with E-state index in [4.69, 9.17) is 0 Å². The highest BCUT2D eigenvalue weighted by Gasteiger charge is 2.54. The van der Waals surface area contributed by atoms with Gasteiger partial charge in [-0.2, -0.15) is 0 Å². The third-order valence-electron chi connectivity index (χ3n) is 5.14. The summed E-state index contributed by atoms with van der Waals surface area (Å²) in [5.74, 6) is 2.99. The average Bonchev–Trinajstić information content (AvgIpc) is 3.02. The van der Waals surface area contributed by atoms with Gasteiger partial charge < -0.3 is 5.32 Å². The van der Waals surface area contributed by atoms with Crippen molar-refractivity contribution in [3.63, 3.8) is 0 Å². The molecule has 1 aromatic rings. The van der Waals surface area contributed by atoms with Crippen LogP contribution in [0.15, 0.2) is 6.07 Å². The molecule has 1 N–H and O–H groups in total. The van der Waals surface area contributed by atoms with E-state index in [0.29, 0.717) is 6.04 Å². The van der Waals surface area contributed by atoms with Gasteiger partial charge in [-0.3, -0.25) is 0 Å². The fourth-order valence-corrected chi connectivity index (χ4v) is 5.23. The van der Waals surface area contributed by atoms with Crippen LogP contribution in [0.2, 0.25) is 0 Å². The van der Waals surface area contributed by atoms with Crippen molar-refractivity contribution in [3.8, 4) is 0 Å².